The smallest absolute Gasteiger partial charge is 0.334 e. The van der Waals surface area contributed by atoms with Crippen molar-refractivity contribution < 1.29 is 24.5 Å². The predicted molar refractivity (Wildman–Crippen MR) is 92.7 cm³/mol. The van der Waals surface area contributed by atoms with Crippen molar-refractivity contribution in [1.82, 2.24) is 0 Å². The number of carboxylic acids is 1. The molecule has 5 heteroatoms. The van der Waals surface area contributed by atoms with Crippen LogP contribution >= 0.6 is 0 Å². The van der Waals surface area contributed by atoms with E-state index in [9.17, 15) is 19.8 Å². The van der Waals surface area contributed by atoms with Gasteiger partial charge in [0.05, 0.1) is 6.10 Å². The molecule has 0 amide bonds. The Balaban J connectivity index is 1.92. The lowest BCUT2D eigenvalue weighted by atomic mass is 9.45. The largest absolute Gasteiger partial charge is 0.478 e. The van der Waals surface area contributed by atoms with Crippen LogP contribution in [0.3, 0.4) is 0 Å². The Labute approximate surface area is 148 Å². The first kappa shape index (κ1) is 18.2. The minimum absolute atomic E-state index is 0.0767. The van der Waals surface area contributed by atoms with Crippen molar-refractivity contribution in [3.8, 4) is 0 Å². The lowest BCUT2D eigenvalue weighted by Crippen LogP contribution is -2.57. The van der Waals surface area contributed by atoms with Gasteiger partial charge >= 0.3 is 11.9 Å². The summed E-state index contributed by atoms with van der Waals surface area (Å²) in [6.07, 6.45) is 6.60. The molecule has 5 atom stereocenters. The Morgan fingerprint density at radius 3 is 2.68 bits per heavy atom. The zero-order valence-corrected chi connectivity index (χ0v) is 15.2. The van der Waals surface area contributed by atoms with E-state index in [-0.39, 0.29) is 23.2 Å². The van der Waals surface area contributed by atoms with Crippen LogP contribution in [0.1, 0.15) is 52.9 Å². The standard InChI is InChI=1S/C20H28O5/c1-12-11-16(21)20(3)14(17(22)23)5-4-6-15(20)19(12,2)9-7-13-8-10-25-18(13)24/h5,8,12,15-16,21H,4,6-7,9-11H2,1-3H3,(H,22,23)/t12-,15?,16+,19+,20+/m1/s1. The van der Waals surface area contributed by atoms with Crippen molar-refractivity contribution in [2.24, 2.45) is 22.7 Å². The summed E-state index contributed by atoms with van der Waals surface area (Å²) in [5.74, 6) is -0.825. The number of cyclic esters (lactones) is 1. The second kappa shape index (κ2) is 6.27. The summed E-state index contributed by atoms with van der Waals surface area (Å²) >= 11 is 0. The molecule has 25 heavy (non-hydrogen) atoms. The Morgan fingerprint density at radius 1 is 1.36 bits per heavy atom. The maximum Gasteiger partial charge on any atom is 0.334 e. The predicted octanol–water partition coefficient (Wildman–Crippen LogP) is 3.08. The van der Waals surface area contributed by atoms with Crippen LogP contribution in [-0.2, 0) is 14.3 Å². The van der Waals surface area contributed by atoms with Gasteiger partial charge in [0.25, 0.3) is 0 Å². The van der Waals surface area contributed by atoms with Crippen LogP contribution in [0.5, 0.6) is 0 Å². The third-order valence-corrected chi connectivity index (χ3v) is 7.27. The summed E-state index contributed by atoms with van der Waals surface area (Å²) in [4.78, 5) is 23.6. The summed E-state index contributed by atoms with van der Waals surface area (Å²) < 4.78 is 5.00. The number of ether oxygens (including phenoxy) is 1. The molecule has 1 aliphatic heterocycles. The highest BCUT2D eigenvalue weighted by molar-refractivity contribution is 5.90. The summed E-state index contributed by atoms with van der Waals surface area (Å²) in [7, 11) is 0. The fraction of sp³-hybridized carbons (Fsp3) is 0.700. The van der Waals surface area contributed by atoms with Gasteiger partial charge in [-0.3, -0.25) is 0 Å². The van der Waals surface area contributed by atoms with Gasteiger partial charge in [-0.25, -0.2) is 9.59 Å². The molecule has 0 spiro atoms. The number of allylic oxidation sites excluding steroid dienone is 1. The third kappa shape index (κ3) is 2.73. The molecular formula is C20H28O5. The van der Waals surface area contributed by atoms with E-state index in [1.54, 1.807) is 6.08 Å². The highest BCUT2D eigenvalue weighted by Crippen LogP contribution is 2.62. The number of rotatable bonds is 4. The molecule has 0 saturated heterocycles. The van der Waals surface area contributed by atoms with Crippen LogP contribution in [0.15, 0.2) is 23.3 Å². The Bertz CT molecular complexity index is 648. The van der Waals surface area contributed by atoms with Gasteiger partial charge in [-0.2, -0.15) is 0 Å². The van der Waals surface area contributed by atoms with E-state index in [1.165, 1.54) is 0 Å². The molecule has 1 unspecified atom stereocenters. The molecule has 138 valence electrons. The van der Waals surface area contributed by atoms with Crippen LogP contribution in [0.25, 0.3) is 0 Å². The van der Waals surface area contributed by atoms with Gasteiger partial charge < -0.3 is 14.9 Å². The van der Waals surface area contributed by atoms with Crippen molar-refractivity contribution in [2.45, 2.75) is 59.0 Å². The highest BCUT2D eigenvalue weighted by atomic mass is 16.5. The number of hydrogen-bond acceptors (Lipinski definition) is 4. The van der Waals surface area contributed by atoms with Gasteiger partial charge in [-0.1, -0.05) is 26.8 Å². The van der Waals surface area contributed by atoms with Crippen molar-refractivity contribution in [3.05, 3.63) is 23.3 Å². The Morgan fingerprint density at radius 2 is 2.08 bits per heavy atom. The number of aliphatic hydroxyl groups excluding tert-OH is 1. The fourth-order valence-corrected chi connectivity index (χ4v) is 5.46. The van der Waals surface area contributed by atoms with Crippen molar-refractivity contribution in [2.75, 3.05) is 6.61 Å². The summed E-state index contributed by atoms with van der Waals surface area (Å²) in [6, 6.07) is 0. The first-order valence-corrected chi connectivity index (χ1v) is 9.19. The number of aliphatic hydroxyl groups is 1. The van der Waals surface area contributed by atoms with E-state index in [0.29, 0.717) is 25.0 Å². The molecule has 1 fully saturated rings. The van der Waals surface area contributed by atoms with Gasteiger partial charge in [0, 0.05) is 16.6 Å². The normalized spacial score (nSPS) is 40.8. The van der Waals surface area contributed by atoms with Gasteiger partial charge in [0.1, 0.15) is 6.61 Å². The van der Waals surface area contributed by atoms with Gasteiger partial charge in [0.2, 0.25) is 0 Å². The molecule has 5 nitrogen and oxygen atoms in total. The summed E-state index contributed by atoms with van der Waals surface area (Å²) in [5.41, 5.74) is 0.211. The maximum atomic E-state index is 11.8. The van der Waals surface area contributed by atoms with E-state index in [4.69, 9.17) is 4.74 Å². The van der Waals surface area contributed by atoms with E-state index in [2.05, 4.69) is 13.8 Å². The molecule has 0 aromatic heterocycles. The fourth-order valence-electron chi connectivity index (χ4n) is 5.46. The number of fused-ring (bicyclic) bond motifs is 1. The molecule has 2 aliphatic carbocycles. The van der Waals surface area contributed by atoms with Crippen LogP contribution in [0.4, 0.5) is 0 Å². The average molecular weight is 348 g/mol. The SMILES string of the molecule is C[C@@H]1C[C@H](O)[C@@]2(C)C(C(=O)O)=CCCC2[C@@]1(C)CCC1=CCOC1=O. The number of carbonyl (C=O) groups excluding carboxylic acids is 1. The molecule has 0 aromatic carbocycles. The van der Waals surface area contributed by atoms with E-state index in [0.717, 1.165) is 24.8 Å². The highest BCUT2D eigenvalue weighted by Gasteiger charge is 2.59. The Kier molecular flexibility index (Phi) is 4.56. The number of esters is 1. The number of aliphatic carboxylic acids is 1. The molecule has 1 heterocycles. The number of carbonyl (C=O) groups is 2. The molecule has 0 aromatic rings. The second-order valence-electron chi connectivity index (χ2n) is 8.32. The van der Waals surface area contributed by atoms with Crippen LogP contribution < -0.4 is 0 Å². The lowest BCUT2D eigenvalue weighted by Gasteiger charge is -2.59. The topological polar surface area (TPSA) is 83.8 Å². The van der Waals surface area contributed by atoms with Crippen molar-refractivity contribution >= 4 is 11.9 Å². The van der Waals surface area contributed by atoms with Gasteiger partial charge in [-0.15, -0.1) is 0 Å². The summed E-state index contributed by atoms with van der Waals surface area (Å²) in [5, 5.41) is 20.5. The zero-order chi connectivity index (χ0) is 18.4. The molecule has 3 rings (SSSR count). The van der Waals surface area contributed by atoms with Gasteiger partial charge in [-0.05, 0) is 55.4 Å². The Hall–Kier alpha value is -1.62. The molecule has 0 bridgehead atoms. The van der Waals surface area contributed by atoms with Crippen LogP contribution in [-0.4, -0.2) is 34.9 Å². The molecular weight excluding hydrogens is 320 g/mol. The zero-order valence-electron chi connectivity index (χ0n) is 15.2. The van der Waals surface area contributed by atoms with Crippen LogP contribution in [0, 0.1) is 22.7 Å². The van der Waals surface area contributed by atoms with Crippen LogP contribution in [0.2, 0.25) is 0 Å². The minimum atomic E-state index is -0.926. The monoisotopic (exact) mass is 348 g/mol. The number of carboxylic acid groups (broad SMARTS) is 1. The second-order valence-corrected chi connectivity index (χ2v) is 8.32. The van der Waals surface area contributed by atoms with Crippen molar-refractivity contribution in [1.29, 1.82) is 0 Å². The third-order valence-electron chi connectivity index (χ3n) is 7.27. The maximum absolute atomic E-state index is 11.8. The lowest BCUT2D eigenvalue weighted by molar-refractivity contribution is -0.148. The van der Waals surface area contributed by atoms with E-state index in [1.807, 2.05) is 13.0 Å². The van der Waals surface area contributed by atoms with E-state index < -0.39 is 17.5 Å². The first-order valence-electron chi connectivity index (χ1n) is 9.19. The van der Waals surface area contributed by atoms with E-state index >= 15 is 0 Å². The summed E-state index contributed by atoms with van der Waals surface area (Å²) in [6.45, 7) is 6.61. The molecule has 1 saturated carbocycles. The minimum Gasteiger partial charge on any atom is -0.478 e. The molecule has 0 radical (unpaired) electrons. The van der Waals surface area contributed by atoms with Crippen molar-refractivity contribution in [3.63, 3.8) is 0 Å². The molecule has 2 N–H and O–H groups in total. The van der Waals surface area contributed by atoms with Gasteiger partial charge in [0.15, 0.2) is 0 Å². The quantitative estimate of drug-likeness (QED) is 0.763. The average Bonchev–Trinajstić information content (AvgIpc) is 2.96. The molecule has 3 aliphatic rings. The number of hydrogen-bond donors (Lipinski definition) is 2. The first-order chi connectivity index (χ1) is 11.7.